The number of hydrogen-bond donors (Lipinski definition) is 2. The molecule has 0 aliphatic carbocycles. The number of carbonyl (C=O) groups excluding carboxylic acids is 1. The quantitative estimate of drug-likeness (QED) is 0.384. The second-order valence-corrected chi connectivity index (χ2v) is 1.01. The van der Waals surface area contributed by atoms with Crippen LogP contribution in [0.4, 0.5) is 4.79 Å². The minimum atomic E-state index is -1.83. The van der Waals surface area contributed by atoms with Gasteiger partial charge in [0.2, 0.25) is 0 Å². The van der Waals surface area contributed by atoms with Gasteiger partial charge in [0, 0.05) is 5.97 Å². The Morgan fingerprint density at radius 3 is 1.50 bits per heavy atom. The molecule has 0 unspecified atom stereocenters. The van der Waals surface area contributed by atoms with Crippen LogP contribution in [0.5, 0.6) is 0 Å². The first-order valence-electron chi connectivity index (χ1n) is 2.12. The van der Waals surface area contributed by atoms with Gasteiger partial charge in [0.15, 0.2) is 0 Å². The number of carboxylic acids is 1. The van der Waals surface area contributed by atoms with Crippen LogP contribution >= 0.6 is 0 Å². The van der Waals surface area contributed by atoms with Crippen molar-refractivity contribution in [2.75, 3.05) is 0 Å². The molecule has 54 valence electrons. The topological polar surface area (TPSA) is 97.7 Å². The minimum absolute atomic E-state index is 0. The standard InChI is InChI=1S/C3H6O2.CH2O3.Na/c1-2-3(4)5;2-1(3)4;/h2H2,1H3,(H,4,5);(H2,2,3,4);/q;;+1/p-1. The van der Waals surface area contributed by atoms with Crippen molar-refractivity contribution in [3.8, 4) is 0 Å². The van der Waals surface area contributed by atoms with Gasteiger partial charge >= 0.3 is 35.7 Å². The molecule has 0 aliphatic rings. The van der Waals surface area contributed by atoms with E-state index in [4.69, 9.17) is 15.0 Å². The molecule has 5 nitrogen and oxygen atoms in total. The molecule has 0 aliphatic heterocycles. The summed E-state index contributed by atoms with van der Waals surface area (Å²) < 4.78 is 0. The summed E-state index contributed by atoms with van der Waals surface area (Å²) in [6, 6.07) is 0. The smallest absolute Gasteiger partial charge is 0.550 e. The van der Waals surface area contributed by atoms with Crippen molar-refractivity contribution in [1.29, 1.82) is 0 Å². The molecule has 6 heteroatoms. The molecule has 0 spiro atoms. The van der Waals surface area contributed by atoms with Gasteiger partial charge in [0.25, 0.3) is 0 Å². The molecule has 2 N–H and O–H groups in total. The van der Waals surface area contributed by atoms with E-state index in [1.807, 2.05) is 0 Å². The SMILES string of the molecule is CCC(=O)[O-].O=C(O)O.[Na+]. The van der Waals surface area contributed by atoms with Gasteiger partial charge in [-0.15, -0.1) is 0 Å². The molecule has 0 aromatic rings. The summed E-state index contributed by atoms with van der Waals surface area (Å²) >= 11 is 0. The summed E-state index contributed by atoms with van der Waals surface area (Å²) in [5, 5.41) is 23.2. The molecule has 0 aromatic carbocycles. The Bertz CT molecular complexity index is 97.8. The molecule has 0 heterocycles. The maximum absolute atomic E-state index is 9.26. The fourth-order valence-electron chi connectivity index (χ4n) is 0. The molecule has 0 bridgehead atoms. The van der Waals surface area contributed by atoms with E-state index < -0.39 is 12.1 Å². The van der Waals surface area contributed by atoms with Crippen LogP contribution in [-0.4, -0.2) is 22.3 Å². The van der Waals surface area contributed by atoms with Crippen molar-refractivity contribution in [3.05, 3.63) is 0 Å². The summed E-state index contributed by atoms with van der Waals surface area (Å²) in [5.41, 5.74) is 0. The molecule has 0 saturated carbocycles. The van der Waals surface area contributed by atoms with E-state index in [0.29, 0.717) is 0 Å². The van der Waals surface area contributed by atoms with Crippen LogP contribution < -0.4 is 34.7 Å². The zero-order valence-electron chi connectivity index (χ0n) is 5.83. The van der Waals surface area contributed by atoms with E-state index in [1.54, 1.807) is 0 Å². The van der Waals surface area contributed by atoms with Crippen LogP contribution in [0.15, 0.2) is 0 Å². The van der Waals surface area contributed by atoms with Gasteiger partial charge in [-0.2, -0.15) is 0 Å². The summed E-state index contributed by atoms with van der Waals surface area (Å²) in [6.45, 7) is 1.54. The molecule has 0 fully saturated rings. The third kappa shape index (κ3) is 116. The van der Waals surface area contributed by atoms with Crippen molar-refractivity contribution in [2.24, 2.45) is 0 Å². The van der Waals surface area contributed by atoms with Gasteiger partial charge in [-0.1, -0.05) is 6.92 Å². The first kappa shape index (κ1) is 16.4. The summed E-state index contributed by atoms with van der Waals surface area (Å²) in [6.07, 6.45) is -1.72. The van der Waals surface area contributed by atoms with Crippen LogP contribution in [-0.2, 0) is 4.79 Å². The molecule has 0 radical (unpaired) electrons. The third-order valence-corrected chi connectivity index (χ3v) is 0.289. The van der Waals surface area contributed by atoms with Crippen molar-refractivity contribution in [1.82, 2.24) is 0 Å². The van der Waals surface area contributed by atoms with E-state index in [1.165, 1.54) is 6.92 Å². The number of rotatable bonds is 1. The number of aliphatic carboxylic acids is 1. The Balaban J connectivity index is -0.0000000910. The largest absolute Gasteiger partial charge is 1.00 e. The molecule has 10 heavy (non-hydrogen) atoms. The molecular weight excluding hydrogens is 151 g/mol. The Morgan fingerprint density at radius 2 is 1.50 bits per heavy atom. The maximum Gasteiger partial charge on any atom is 1.00 e. The second-order valence-electron chi connectivity index (χ2n) is 1.01. The Morgan fingerprint density at radius 1 is 1.40 bits per heavy atom. The van der Waals surface area contributed by atoms with Crippen molar-refractivity contribution < 1.29 is 54.5 Å². The zero-order chi connectivity index (χ0) is 7.86. The van der Waals surface area contributed by atoms with Gasteiger partial charge in [0.05, 0.1) is 0 Å². The van der Waals surface area contributed by atoms with E-state index >= 15 is 0 Å². The normalized spacial score (nSPS) is 6.10. The molecule has 0 atom stereocenters. The first-order chi connectivity index (χ1) is 4.00. The summed E-state index contributed by atoms with van der Waals surface area (Å²) in [4.78, 5) is 17.8. The van der Waals surface area contributed by atoms with Crippen LogP contribution in [0.1, 0.15) is 13.3 Å². The summed E-state index contributed by atoms with van der Waals surface area (Å²) in [7, 11) is 0. The van der Waals surface area contributed by atoms with E-state index in [9.17, 15) is 9.90 Å². The molecule has 0 rings (SSSR count). The Kier molecular flexibility index (Phi) is 18.9. The van der Waals surface area contributed by atoms with Crippen LogP contribution in [0.3, 0.4) is 0 Å². The monoisotopic (exact) mass is 158 g/mol. The predicted octanol–water partition coefficient (Wildman–Crippen LogP) is -3.63. The predicted molar refractivity (Wildman–Crippen MR) is 26.0 cm³/mol. The third-order valence-electron chi connectivity index (χ3n) is 0.289. The molecule has 0 amide bonds. The zero-order valence-corrected chi connectivity index (χ0v) is 7.83. The van der Waals surface area contributed by atoms with Gasteiger partial charge in [-0.3, -0.25) is 0 Å². The van der Waals surface area contributed by atoms with Gasteiger partial charge in [-0.25, -0.2) is 4.79 Å². The number of carboxylic acid groups (broad SMARTS) is 3. The van der Waals surface area contributed by atoms with E-state index in [0.717, 1.165) is 0 Å². The van der Waals surface area contributed by atoms with E-state index in [-0.39, 0.29) is 36.0 Å². The average Bonchev–Trinajstić information content (AvgIpc) is 1.65. The molecular formula is C4H7NaO5. The second kappa shape index (κ2) is 11.5. The summed E-state index contributed by atoms with van der Waals surface area (Å²) in [5.74, 6) is -0.995. The Hall–Kier alpha value is -0.260. The van der Waals surface area contributed by atoms with Crippen molar-refractivity contribution in [3.63, 3.8) is 0 Å². The van der Waals surface area contributed by atoms with Gasteiger partial charge in [-0.05, 0) is 6.42 Å². The fourth-order valence-corrected chi connectivity index (χ4v) is 0. The number of hydrogen-bond acceptors (Lipinski definition) is 3. The van der Waals surface area contributed by atoms with E-state index in [2.05, 4.69) is 0 Å². The van der Waals surface area contributed by atoms with Crippen molar-refractivity contribution in [2.45, 2.75) is 13.3 Å². The molecule has 0 saturated heterocycles. The van der Waals surface area contributed by atoms with Gasteiger partial charge in [0.1, 0.15) is 0 Å². The van der Waals surface area contributed by atoms with Crippen LogP contribution in [0.25, 0.3) is 0 Å². The number of carbonyl (C=O) groups is 2. The van der Waals surface area contributed by atoms with Crippen molar-refractivity contribution >= 4 is 12.1 Å². The maximum atomic E-state index is 9.26. The van der Waals surface area contributed by atoms with Crippen LogP contribution in [0, 0.1) is 0 Å². The van der Waals surface area contributed by atoms with Gasteiger partial charge < -0.3 is 20.1 Å². The molecule has 0 aromatic heterocycles. The average molecular weight is 158 g/mol. The first-order valence-corrected chi connectivity index (χ1v) is 2.12. The van der Waals surface area contributed by atoms with Crippen LogP contribution in [0.2, 0.25) is 0 Å². The fraction of sp³-hybridized carbons (Fsp3) is 0.500. The Labute approximate surface area is 80.0 Å². The minimum Gasteiger partial charge on any atom is -0.550 e.